The zero-order valence-corrected chi connectivity index (χ0v) is 18.5. The van der Waals surface area contributed by atoms with Crippen molar-refractivity contribution in [2.24, 2.45) is 5.92 Å². The molecular formula is C23H29ClN2O4. The molecule has 0 saturated carbocycles. The SMILES string of the molecule is COc1cc(C(=O)Nc2ccc(CN3CCOCC3)cc2)cc(Cl)c1OCC(C)C. The van der Waals surface area contributed by atoms with Gasteiger partial charge in [-0.2, -0.15) is 0 Å². The number of halogens is 1. The highest BCUT2D eigenvalue weighted by Gasteiger charge is 2.17. The molecule has 0 atom stereocenters. The van der Waals surface area contributed by atoms with E-state index < -0.39 is 0 Å². The van der Waals surface area contributed by atoms with Gasteiger partial charge in [-0.15, -0.1) is 0 Å². The van der Waals surface area contributed by atoms with Gasteiger partial charge in [-0.25, -0.2) is 0 Å². The zero-order valence-electron chi connectivity index (χ0n) is 17.7. The number of nitrogens with one attached hydrogen (secondary N) is 1. The van der Waals surface area contributed by atoms with Gasteiger partial charge in [-0.05, 0) is 35.7 Å². The van der Waals surface area contributed by atoms with Crippen LogP contribution in [0.25, 0.3) is 0 Å². The first-order chi connectivity index (χ1) is 14.5. The van der Waals surface area contributed by atoms with Gasteiger partial charge in [0.15, 0.2) is 11.5 Å². The molecule has 0 unspecified atom stereocenters. The lowest BCUT2D eigenvalue weighted by molar-refractivity contribution is 0.0342. The van der Waals surface area contributed by atoms with Crippen molar-refractivity contribution >= 4 is 23.2 Å². The average molecular weight is 433 g/mol. The number of hydrogen-bond donors (Lipinski definition) is 1. The first-order valence-electron chi connectivity index (χ1n) is 10.2. The van der Waals surface area contributed by atoms with Gasteiger partial charge in [0.2, 0.25) is 0 Å². The summed E-state index contributed by atoms with van der Waals surface area (Å²) in [7, 11) is 1.53. The van der Waals surface area contributed by atoms with Crippen molar-refractivity contribution in [3.63, 3.8) is 0 Å². The molecule has 0 spiro atoms. The molecule has 1 amide bonds. The summed E-state index contributed by atoms with van der Waals surface area (Å²) in [4.78, 5) is 15.1. The molecule has 2 aromatic rings. The number of amides is 1. The maximum absolute atomic E-state index is 12.7. The first kappa shape index (κ1) is 22.4. The van der Waals surface area contributed by atoms with Gasteiger partial charge >= 0.3 is 0 Å². The topological polar surface area (TPSA) is 60.0 Å². The summed E-state index contributed by atoms with van der Waals surface area (Å²) in [5.74, 6) is 0.984. The van der Waals surface area contributed by atoms with Gasteiger partial charge in [-0.3, -0.25) is 9.69 Å². The Morgan fingerprint density at radius 1 is 1.20 bits per heavy atom. The second-order valence-corrected chi connectivity index (χ2v) is 8.14. The predicted molar refractivity (Wildman–Crippen MR) is 119 cm³/mol. The van der Waals surface area contributed by atoms with E-state index in [0.29, 0.717) is 34.6 Å². The number of hydrogen-bond acceptors (Lipinski definition) is 5. The molecule has 1 fully saturated rings. The molecule has 2 aromatic carbocycles. The van der Waals surface area contributed by atoms with E-state index >= 15 is 0 Å². The summed E-state index contributed by atoms with van der Waals surface area (Å²) < 4.78 is 16.5. The van der Waals surface area contributed by atoms with Crippen LogP contribution in [0.5, 0.6) is 11.5 Å². The Hall–Kier alpha value is -2.28. The number of carbonyl (C=O) groups is 1. The van der Waals surface area contributed by atoms with Crippen molar-refractivity contribution in [1.82, 2.24) is 4.90 Å². The Morgan fingerprint density at radius 3 is 2.53 bits per heavy atom. The fourth-order valence-corrected chi connectivity index (χ4v) is 3.42. The highest BCUT2D eigenvalue weighted by Crippen LogP contribution is 2.37. The van der Waals surface area contributed by atoms with E-state index in [1.807, 2.05) is 24.3 Å². The molecule has 0 bridgehead atoms. The smallest absolute Gasteiger partial charge is 0.255 e. The molecule has 0 radical (unpaired) electrons. The molecule has 0 aromatic heterocycles. The number of benzene rings is 2. The molecule has 1 N–H and O–H groups in total. The third kappa shape index (κ3) is 6.11. The van der Waals surface area contributed by atoms with Crippen molar-refractivity contribution < 1.29 is 19.0 Å². The molecule has 1 aliphatic rings. The van der Waals surface area contributed by atoms with Gasteiger partial charge in [0.25, 0.3) is 5.91 Å². The summed E-state index contributed by atoms with van der Waals surface area (Å²) >= 11 is 6.36. The average Bonchev–Trinajstić information content (AvgIpc) is 2.74. The van der Waals surface area contributed by atoms with Gasteiger partial charge < -0.3 is 19.5 Å². The molecule has 7 heteroatoms. The molecular weight excluding hydrogens is 404 g/mol. The fraction of sp³-hybridized carbons (Fsp3) is 0.435. The van der Waals surface area contributed by atoms with E-state index in [0.717, 1.165) is 38.5 Å². The van der Waals surface area contributed by atoms with Crippen LogP contribution < -0.4 is 14.8 Å². The lowest BCUT2D eigenvalue weighted by Gasteiger charge is -2.26. The number of carbonyl (C=O) groups excluding carboxylic acids is 1. The van der Waals surface area contributed by atoms with Crippen LogP contribution in [0.4, 0.5) is 5.69 Å². The minimum atomic E-state index is -0.258. The van der Waals surface area contributed by atoms with Crippen molar-refractivity contribution in [3.05, 3.63) is 52.5 Å². The summed E-state index contributed by atoms with van der Waals surface area (Å²) in [6.07, 6.45) is 0. The Kier molecular flexibility index (Phi) is 7.96. The van der Waals surface area contributed by atoms with Crippen LogP contribution in [0.2, 0.25) is 5.02 Å². The number of nitrogens with zero attached hydrogens (tertiary/aromatic N) is 1. The molecule has 6 nitrogen and oxygen atoms in total. The maximum Gasteiger partial charge on any atom is 0.255 e. The van der Waals surface area contributed by atoms with Crippen LogP contribution in [0.15, 0.2) is 36.4 Å². The largest absolute Gasteiger partial charge is 0.493 e. The summed E-state index contributed by atoms with van der Waals surface area (Å²) in [6.45, 7) is 8.93. The van der Waals surface area contributed by atoms with E-state index in [9.17, 15) is 4.79 Å². The summed E-state index contributed by atoms with van der Waals surface area (Å²) in [5, 5.41) is 3.26. The lowest BCUT2D eigenvalue weighted by atomic mass is 10.1. The Labute approximate surface area is 183 Å². The number of morpholine rings is 1. The third-order valence-electron chi connectivity index (χ3n) is 4.77. The van der Waals surface area contributed by atoms with Crippen molar-refractivity contribution in [2.45, 2.75) is 20.4 Å². The fourth-order valence-electron chi connectivity index (χ4n) is 3.16. The molecule has 1 saturated heterocycles. The second kappa shape index (κ2) is 10.7. The highest BCUT2D eigenvalue weighted by molar-refractivity contribution is 6.32. The molecule has 1 heterocycles. The minimum Gasteiger partial charge on any atom is -0.493 e. The Bertz CT molecular complexity index is 849. The molecule has 3 rings (SSSR count). The van der Waals surface area contributed by atoms with E-state index in [1.165, 1.54) is 12.7 Å². The normalized spacial score (nSPS) is 14.6. The number of ether oxygens (including phenoxy) is 3. The van der Waals surface area contributed by atoms with Crippen molar-refractivity contribution in [2.75, 3.05) is 45.3 Å². The lowest BCUT2D eigenvalue weighted by Crippen LogP contribution is -2.35. The molecule has 30 heavy (non-hydrogen) atoms. The van der Waals surface area contributed by atoms with Crippen LogP contribution in [-0.4, -0.2) is 50.8 Å². The van der Waals surface area contributed by atoms with Crippen molar-refractivity contribution in [1.29, 1.82) is 0 Å². The van der Waals surface area contributed by atoms with Crippen LogP contribution in [0, 0.1) is 5.92 Å². The molecule has 0 aliphatic carbocycles. The number of rotatable bonds is 8. The van der Waals surface area contributed by atoms with Gasteiger partial charge in [0.05, 0.1) is 32.0 Å². The van der Waals surface area contributed by atoms with Gasteiger partial charge in [0.1, 0.15) is 0 Å². The van der Waals surface area contributed by atoms with E-state index in [2.05, 4.69) is 24.1 Å². The van der Waals surface area contributed by atoms with Crippen LogP contribution >= 0.6 is 11.6 Å². The Balaban J connectivity index is 1.65. The monoisotopic (exact) mass is 432 g/mol. The highest BCUT2D eigenvalue weighted by atomic mass is 35.5. The van der Waals surface area contributed by atoms with E-state index in [4.69, 9.17) is 25.8 Å². The zero-order chi connectivity index (χ0) is 21.5. The van der Waals surface area contributed by atoms with Gasteiger partial charge in [0, 0.05) is 30.9 Å². The molecule has 1 aliphatic heterocycles. The van der Waals surface area contributed by atoms with Crippen molar-refractivity contribution in [3.8, 4) is 11.5 Å². The van der Waals surface area contributed by atoms with Crippen LogP contribution in [0.3, 0.4) is 0 Å². The Morgan fingerprint density at radius 2 is 1.90 bits per heavy atom. The summed E-state index contributed by atoms with van der Waals surface area (Å²) in [6, 6.07) is 11.1. The van der Waals surface area contributed by atoms with Gasteiger partial charge in [-0.1, -0.05) is 37.6 Å². The molecule has 162 valence electrons. The number of methoxy groups -OCH3 is 1. The van der Waals surface area contributed by atoms with E-state index in [1.54, 1.807) is 12.1 Å². The minimum absolute atomic E-state index is 0.258. The summed E-state index contributed by atoms with van der Waals surface area (Å²) in [5.41, 5.74) is 2.33. The third-order valence-corrected chi connectivity index (χ3v) is 5.06. The number of anilines is 1. The van der Waals surface area contributed by atoms with E-state index in [-0.39, 0.29) is 5.91 Å². The van der Waals surface area contributed by atoms with Crippen LogP contribution in [0.1, 0.15) is 29.8 Å². The maximum atomic E-state index is 12.7. The van der Waals surface area contributed by atoms with Crippen LogP contribution in [-0.2, 0) is 11.3 Å². The second-order valence-electron chi connectivity index (χ2n) is 7.73. The quantitative estimate of drug-likeness (QED) is 0.667. The standard InChI is InChI=1S/C23H29ClN2O4/c1-16(2)15-30-22-20(24)12-18(13-21(22)28-3)23(27)25-19-6-4-17(5-7-19)14-26-8-10-29-11-9-26/h4-7,12-13,16H,8-11,14-15H2,1-3H3,(H,25,27). The first-order valence-corrected chi connectivity index (χ1v) is 10.5. The predicted octanol–water partition coefficient (Wildman–Crippen LogP) is 4.47.